The van der Waals surface area contributed by atoms with Crippen LogP contribution in [0.25, 0.3) is 0 Å². The minimum atomic E-state index is -0.325. The van der Waals surface area contributed by atoms with E-state index in [1.54, 1.807) is 37.4 Å². The van der Waals surface area contributed by atoms with Crippen LogP contribution in [0.1, 0.15) is 17.4 Å². The number of rotatable bonds is 3. The molecule has 1 atom stereocenters. The van der Waals surface area contributed by atoms with E-state index in [-0.39, 0.29) is 11.9 Å². The van der Waals surface area contributed by atoms with Gasteiger partial charge in [0.1, 0.15) is 11.6 Å². The zero-order valence-corrected chi connectivity index (χ0v) is 9.46. The highest BCUT2D eigenvalue weighted by atomic mass is 35.5. The molecule has 0 aliphatic carbocycles. The van der Waals surface area contributed by atoms with Crippen molar-refractivity contribution in [3.63, 3.8) is 0 Å². The van der Waals surface area contributed by atoms with Crippen molar-refractivity contribution in [3.05, 3.63) is 58.8 Å². The topological polar surface area (TPSA) is 25.2 Å². The van der Waals surface area contributed by atoms with Crippen LogP contribution in [0.5, 0.6) is 0 Å². The van der Waals surface area contributed by atoms with E-state index in [1.807, 2.05) is 0 Å². The molecule has 0 amide bonds. The lowest BCUT2D eigenvalue weighted by atomic mass is 10.0. The van der Waals surface area contributed by atoms with Crippen LogP contribution in [-0.2, 0) is 0 Å². The highest BCUT2D eigenvalue weighted by Gasteiger charge is 2.18. The van der Waals surface area contributed by atoms with Gasteiger partial charge in [-0.25, -0.2) is 4.39 Å². The molecule has 1 unspecified atom stereocenters. The summed E-state index contributed by atoms with van der Waals surface area (Å²) in [5.74, 6) is 0.326. The molecule has 2 aromatic rings. The summed E-state index contributed by atoms with van der Waals surface area (Å²) in [6.45, 7) is 0. The normalized spacial score (nSPS) is 12.7. The Morgan fingerprint density at radius 3 is 2.56 bits per heavy atom. The third-order valence-corrected chi connectivity index (χ3v) is 2.59. The molecule has 0 saturated carbocycles. The zero-order valence-electron chi connectivity index (χ0n) is 8.71. The number of hydrogen-bond donors (Lipinski definition) is 1. The molecule has 4 heteroatoms. The van der Waals surface area contributed by atoms with Crippen molar-refractivity contribution >= 4 is 11.6 Å². The number of furan rings is 1. The fourth-order valence-corrected chi connectivity index (χ4v) is 1.80. The standard InChI is InChI=1S/C12H11ClFNO/c1-15-12(10-6-7-11(13)16-10)8-4-2-3-5-9(8)14/h2-7,12,15H,1H3. The Morgan fingerprint density at radius 2 is 2.00 bits per heavy atom. The smallest absolute Gasteiger partial charge is 0.193 e. The number of nitrogens with one attached hydrogen (secondary N) is 1. The first-order valence-corrected chi connectivity index (χ1v) is 5.27. The predicted molar refractivity (Wildman–Crippen MR) is 61.0 cm³/mol. The van der Waals surface area contributed by atoms with Gasteiger partial charge in [-0.2, -0.15) is 0 Å². The van der Waals surface area contributed by atoms with Gasteiger partial charge in [0.15, 0.2) is 5.22 Å². The Hall–Kier alpha value is -1.32. The summed E-state index contributed by atoms with van der Waals surface area (Å²) < 4.78 is 18.9. The lowest BCUT2D eigenvalue weighted by molar-refractivity contribution is 0.454. The minimum Gasteiger partial charge on any atom is -0.448 e. The van der Waals surface area contributed by atoms with Crippen LogP contribution in [0.3, 0.4) is 0 Å². The molecule has 2 rings (SSSR count). The van der Waals surface area contributed by atoms with Crippen LogP contribution >= 0.6 is 11.6 Å². The van der Waals surface area contributed by atoms with Crippen LogP contribution in [0.4, 0.5) is 4.39 Å². The van der Waals surface area contributed by atoms with Gasteiger partial charge in [0.25, 0.3) is 0 Å². The third-order valence-electron chi connectivity index (χ3n) is 2.38. The second-order valence-corrected chi connectivity index (χ2v) is 3.76. The Balaban J connectivity index is 2.40. The lowest BCUT2D eigenvalue weighted by Crippen LogP contribution is -2.18. The van der Waals surface area contributed by atoms with Crippen LogP contribution in [0.2, 0.25) is 5.22 Å². The minimum absolute atomic E-state index is 0.269. The molecular weight excluding hydrogens is 229 g/mol. The monoisotopic (exact) mass is 239 g/mol. The number of halogens is 2. The van der Waals surface area contributed by atoms with Crippen LogP contribution in [0, 0.1) is 5.82 Å². The van der Waals surface area contributed by atoms with E-state index in [0.29, 0.717) is 16.5 Å². The molecule has 1 heterocycles. The maximum atomic E-state index is 13.6. The Bertz CT molecular complexity index is 483. The Kier molecular flexibility index (Phi) is 3.27. The molecule has 0 aliphatic rings. The van der Waals surface area contributed by atoms with Gasteiger partial charge in [0.05, 0.1) is 6.04 Å². The second kappa shape index (κ2) is 4.68. The fourth-order valence-electron chi connectivity index (χ4n) is 1.64. The number of hydrogen-bond acceptors (Lipinski definition) is 2. The molecule has 1 aromatic heterocycles. The molecule has 0 aliphatic heterocycles. The Morgan fingerprint density at radius 1 is 1.25 bits per heavy atom. The molecule has 2 nitrogen and oxygen atoms in total. The molecule has 0 saturated heterocycles. The zero-order chi connectivity index (χ0) is 11.5. The summed E-state index contributed by atoms with van der Waals surface area (Å²) in [7, 11) is 1.74. The third kappa shape index (κ3) is 2.10. The summed E-state index contributed by atoms with van der Waals surface area (Å²) in [6, 6.07) is 9.62. The molecule has 16 heavy (non-hydrogen) atoms. The van der Waals surface area contributed by atoms with Crippen molar-refractivity contribution in [3.8, 4) is 0 Å². The average Bonchev–Trinajstić information content (AvgIpc) is 2.69. The van der Waals surface area contributed by atoms with Gasteiger partial charge in [0.2, 0.25) is 0 Å². The van der Waals surface area contributed by atoms with E-state index in [2.05, 4.69) is 5.32 Å². The largest absolute Gasteiger partial charge is 0.448 e. The quantitative estimate of drug-likeness (QED) is 0.888. The van der Waals surface area contributed by atoms with Crippen molar-refractivity contribution in [2.45, 2.75) is 6.04 Å². The summed E-state index contributed by atoms with van der Waals surface area (Å²) in [6.07, 6.45) is 0. The van der Waals surface area contributed by atoms with Crippen LogP contribution in [-0.4, -0.2) is 7.05 Å². The Labute approximate surface area is 98.0 Å². The van der Waals surface area contributed by atoms with Gasteiger partial charge in [-0.15, -0.1) is 0 Å². The first kappa shape index (κ1) is 11.2. The van der Waals surface area contributed by atoms with E-state index in [0.717, 1.165) is 0 Å². The molecule has 0 spiro atoms. The van der Waals surface area contributed by atoms with Gasteiger partial charge >= 0.3 is 0 Å². The molecular formula is C12H11ClFNO. The molecule has 0 fully saturated rings. The van der Waals surface area contributed by atoms with Gasteiger partial charge in [-0.3, -0.25) is 0 Å². The maximum absolute atomic E-state index is 13.6. The van der Waals surface area contributed by atoms with Crippen molar-refractivity contribution < 1.29 is 8.81 Å². The number of benzene rings is 1. The van der Waals surface area contributed by atoms with Crippen LogP contribution in [0.15, 0.2) is 40.8 Å². The van der Waals surface area contributed by atoms with Crippen molar-refractivity contribution in [1.82, 2.24) is 5.32 Å². The van der Waals surface area contributed by atoms with E-state index in [4.69, 9.17) is 16.0 Å². The van der Waals surface area contributed by atoms with E-state index >= 15 is 0 Å². The fraction of sp³-hybridized carbons (Fsp3) is 0.167. The van der Waals surface area contributed by atoms with Crippen molar-refractivity contribution in [1.29, 1.82) is 0 Å². The highest BCUT2D eigenvalue weighted by Crippen LogP contribution is 2.26. The summed E-state index contributed by atoms with van der Waals surface area (Å²) in [5, 5.41) is 3.29. The van der Waals surface area contributed by atoms with Crippen LogP contribution < -0.4 is 5.32 Å². The lowest BCUT2D eigenvalue weighted by Gasteiger charge is -2.14. The molecule has 1 aromatic carbocycles. The maximum Gasteiger partial charge on any atom is 0.193 e. The predicted octanol–water partition coefficient (Wildman–Crippen LogP) is 3.38. The van der Waals surface area contributed by atoms with Gasteiger partial charge in [-0.05, 0) is 36.8 Å². The molecule has 1 N–H and O–H groups in total. The summed E-state index contributed by atoms with van der Waals surface area (Å²) in [5.41, 5.74) is 0.538. The molecule has 0 radical (unpaired) electrons. The first-order valence-electron chi connectivity index (χ1n) is 4.89. The first-order chi connectivity index (χ1) is 7.72. The second-order valence-electron chi connectivity index (χ2n) is 3.39. The van der Waals surface area contributed by atoms with Gasteiger partial charge in [0, 0.05) is 5.56 Å². The summed E-state index contributed by atoms with van der Waals surface area (Å²) >= 11 is 5.70. The molecule has 84 valence electrons. The van der Waals surface area contributed by atoms with E-state index < -0.39 is 0 Å². The van der Waals surface area contributed by atoms with Crippen molar-refractivity contribution in [2.24, 2.45) is 0 Å². The summed E-state index contributed by atoms with van der Waals surface area (Å²) in [4.78, 5) is 0. The molecule has 0 bridgehead atoms. The van der Waals surface area contributed by atoms with E-state index in [9.17, 15) is 4.39 Å². The van der Waals surface area contributed by atoms with Crippen molar-refractivity contribution in [2.75, 3.05) is 7.05 Å². The van der Waals surface area contributed by atoms with Gasteiger partial charge in [-0.1, -0.05) is 18.2 Å². The van der Waals surface area contributed by atoms with Gasteiger partial charge < -0.3 is 9.73 Å². The van der Waals surface area contributed by atoms with E-state index in [1.165, 1.54) is 6.07 Å². The SMILES string of the molecule is CNC(c1ccc(Cl)o1)c1ccccc1F. The average molecular weight is 240 g/mol. The highest BCUT2D eigenvalue weighted by molar-refractivity contribution is 6.28.